The molecule has 5 nitrogen and oxygen atoms in total. The van der Waals surface area contributed by atoms with Crippen LogP contribution in [0, 0.1) is 0 Å². The van der Waals surface area contributed by atoms with Crippen LogP contribution in [0.2, 0.25) is 0 Å². The lowest BCUT2D eigenvalue weighted by atomic mass is 10.2. The van der Waals surface area contributed by atoms with E-state index in [-0.39, 0.29) is 0 Å². The van der Waals surface area contributed by atoms with Gasteiger partial charge in [-0.25, -0.2) is 4.98 Å². The van der Waals surface area contributed by atoms with Crippen molar-refractivity contribution in [3.8, 4) is 11.5 Å². The molecule has 0 amide bonds. The summed E-state index contributed by atoms with van der Waals surface area (Å²) in [5.74, 6) is 2.61. The molecule has 114 valence electrons. The predicted molar refractivity (Wildman–Crippen MR) is 82.9 cm³/mol. The van der Waals surface area contributed by atoms with E-state index in [4.69, 9.17) is 14.5 Å². The van der Waals surface area contributed by atoms with Crippen molar-refractivity contribution in [1.82, 2.24) is 14.9 Å². The van der Waals surface area contributed by atoms with E-state index in [9.17, 15) is 0 Å². The van der Waals surface area contributed by atoms with Gasteiger partial charge in [0, 0.05) is 12.1 Å². The van der Waals surface area contributed by atoms with Crippen molar-refractivity contribution >= 4 is 11.0 Å². The Bertz CT molecular complexity index is 560. The minimum Gasteiger partial charge on any atom is -0.486 e. The van der Waals surface area contributed by atoms with Gasteiger partial charge < -0.3 is 14.5 Å². The highest BCUT2D eigenvalue weighted by atomic mass is 16.6. The molecule has 2 aromatic rings. The number of ether oxygens (including phenoxy) is 2. The second kappa shape index (κ2) is 6.35. The van der Waals surface area contributed by atoms with Crippen LogP contribution in [0.1, 0.15) is 32.5 Å². The molecule has 0 bridgehead atoms. The van der Waals surface area contributed by atoms with E-state index < -0.39 is 0 Å². The average molecular weight is 289 g/mol. The third kappa shape index (κ3) is 3.13. The van der Waals surface area contributed by atoms with Crippen LogP contribution < -0.4 is 9.47 Å². The van der Waals surface area contributed by atoms with Crippen LogP contribution in [-0.2, 0) is 6.54 Å². The summed E-state index contributed by atoms with van der Waals surface area (Å²) in [5, 5.41) is 0. The second-order valence-corrected chi connectivity index (χ2v) is 5.47. The molecule has 1 aliphatic rings. The van der Waals surface area contributed by atoms with Crippen molar-refractivity contribution < 1.29 is 9.47 Å². The van der Waals surface area contributed by atoms with Gasteiger partial charge in [0.05, 0.1) is 17.6 Å². The first-order valence-corrected chi connectivity index (χ1v) is 7.80. The minimum absolute atomic E-state index is 0.608. The number of aromatic amines is 1. The molecule has 1 aromatic carbocycles. The van der Waals surface area contributed by atoms with Crippen LogP contribution in [0.3, 0.4) is 0 Å². The van der Waals surface area contributed by atoms with Crippen LogP contribution in [0.4, 0.5) is 0 Å². The molecule has 0 aliphatic carbocycles. The number of hydrogen-bond acceptors (Lipinski definition) is 4. The Balaban J connectivity index is 1.83. The van der Waals surface area contributed by atoms with Crippen molar-refractivity contribution in [1.29, 1.82) is 0 Å². The number of nitrogens with one attached hydrogen (secondary N) is 1. The zero-order valence-corrected chi connectivity index (χ0v) is 12.8. The van der Waals surface area contributed by atoms with Crippen molar-refractivity contribution in [2.24, 2.45) is 0 Å². The molecule has 0 saturated heterocycles. The van der Waals surface area contributed by atoms with Crippen LogP contribution in [0.5, 0.6) is 11.5 Å². The molecule has 0 unspecified atom stereocenters. The predicted octanol–water partition coefficient (Wildman–Crippen LogP) is 2.96. The van der Waals surface area contributed by atoms with E-state index in [1.54, 1.807) is 0 Å². The smallest absolute Gasteiger partial charge is 0.163 e. The molecule has 0 fully saturated rings. The topological polar surface area (TPSA) is 50.4 Å². The fourth-order valence-electron chi connectivity index (χ4n) is 2.79. The Labute approximate surface area is 125 Å². The van der Waals surface area contributed by atoms with E-state index in [0.717, 1.165) is 60.8 Å². The number of hydrogen-bond donors (Lipinski definition) is 1. The van der Waals surface area contributed by atoms with E-state index >= 15 is 0 Å². The number of H-pyrrole nitrogens is 1. The van der Waals surface area contributed by atoms with Gasteiger partial charge in [-0.3, -0.25) is 4.90 Å². The maximum absolute atomic E-state index is 5.62. The van der Waals surface area contributed by atoms with Gasteiger partial charge in [0.2, 0.25) is 0 Å². The van der Waals surface area contributed by atoms with E-state index in [1.807, 2.05) is 12.1 Å². The number of imidazole rings is 1. The Morgan fingerprint density at radius 3 is 2.43 bits per heavy atom. The summed E-state index contributed by atoms with van der Waals surface area (Å²) >= 11 is 0. The van der Waals surface area contributed by atoms with Crippen molar-refractivity contribution in [3.05, 3.63) is 18.0 Å². The molecular formula is C16H23N3O2. The molecule has 21 heavy (non-hydrogen) atoms. The maximum Gasteiger partial charge on any atom is 0.163 e. The largest absolute Gasteiger partial charge is 0.486 e. The molecule has 5 heteroatoms. The fraction of sp³-hybridized carbons (Fsp3) is 0.562. The van der Waals surface area contributed by atoms with Crippen LogP contribution in [0.25, 0.3) is 11.0 Å². The number of nitrogens with zero attached hydrogens (tertiary/aromatic N) is 2. The third-order valence-corrected chi connectivity index (χ3v) is 3.65. The summed E-state index contributed by atoms with van der Waals surface area (Å²) in [6, 6.07) is 3.96. The lowest BCUT2D eigenvalue weighted by Crippen LogP contribution is -2.25. The highest BCUT2D eigenvalue weighted by molar-refractivity contribution is 5.79. The van der Waals surface area contributed by atoms with Gasteiger partial charge in [-0.05, 0) is 25.9 Å². The zero-order chi connectivity index (χ0) is 14.7. The summed E-state index contributed by atoms with van der Waals surface area (Å²) in [7, 11) is 0. The Morgan fingerprint density at radius 2 is 1.76 bits per heavy atom. The number of rotatable bonds is 6. The van der Waals surface area contributed by atoms with Crippen LogP contribution in [0.15, 0.2) is 12.1 Å². The number of fused-ring (bicyclic) bond motifs is 2. The number of benzene rings is 1. The van der Waals surface area contributed by atoms with Crippen molar-refractivity contribution in [2.75, 3.05) is 26.3 Å². The Morgan fingerprint density at radius 1 is 1.10 bits per heavy atom. The van der Waals surface area contributed by atoms with Gasteiger partial charge >= 0.3 is 0 Å². The van der Waals surface area contributed by atoms with E-state index in [1.165, 1.54) is 0 Å². The summed E-state index contributed by atoms with van der Waals surface area (Å²) < 4.78 is 11.2. The van der Waals surface area contributed by atoms with Crippen LogP contribution in [-0.4, -0.2) is 41.2 Å². The van der Waals surface area contributed by atoms with E-state index in [2.05, 4.69) is 23.7 Å². The third-order valence-electron chi connectivity index (χ3n) is 3.65. The molecule has 1 N–H and O–H groups in total. The first kappa shape index (κ1) is 14.2. The Hall–Kier alpha value is -1.75. The lowest BCUT2D eigenvalue weighted by Gasteiger charge is -2.19. The zero-order valence-electron chi connectivity index (χ0n) is 12.8. The standard InChI is InChI=1S/C16H23N3O2/c1-3-5-19(6-4-2)11-16-17-12-9-14-15(10-13(12)18-16)21-8-7-20-14/h9-10H,3-8,11H2,1-2H3,(H,17,18). The van der Waals surface area contributed by atoms with Gasteiger partial charge in [0.25, 0.3) is 0 Å². The molecule has 0 radical (unpaired) electrons. The molecule has 2 heterocycles. The maximum atomic E-state index is 5.62. The molecule has 0 atom stereocenters. The quantitative estimate of drug-likeness (QED) is 0.888. The number of aromatic nitrogens is 2. The summed E-state index contributed by atoms with van der Waals surface area (Å²) in [6.45, 7) is 8.72. The monoisotopic (exact) mass is 289 g/mol. The molecule has 1 aliphatic heterocycles. The lowest BCUT2D eigenvalue weighted by molar-refractivity contribution is 0.172. The molecular weight excluding hydrogens is 266 g/mol. The van der Waals surface area contributed by atoms with Gasteiger partial charge in [-0.15, -0.1) is 0 Å². The molecule has 0 spiro atoms. The summed E-state index contributed by atoms with van der Waals surface area (Å²) in [4.78, 5) is 10.5. The average Bonchev–Trinajstić information content (AvgIpc) is 2.86. The first-order chi connectivity index (χ1) is 10.3. The summed E-state index contributed by atoms with van der Waals surface area (Å²) in [6.07, 6.45) is 2.33. The summed E-state index contributed by atoms with van der Waals surface area (Å²) in [5.41, 5.74) is 1.96. The SMILES string of the molecule is CCCN(CCC)Cc1nc2cc3c(cc2[nH]1)OCCO3. The second-order valence-electron chi connectivity index (χ2n) is 5.47. The van der Waals surface area contributed by atoms with Crippen LogP contribution >= 0.6 is 0 Å². The van der Waals surface area contributed by atoms with Gasteiger partial charge in [0.15, 0.2) is 11.5 Å². The highest BCUT2D eigenvalue weighted by Crippen LogP contribution is 2.33. The van der Waals surface area contributed by atoms with Gasteiger partial charge in [-0.2, -0.15) is 0 Å². The van der Waals surface area contributed by atoms with Gasteiger partial charge in [-0.1, -0.05) is 13.8 Å². The Kier molecular flexibility index (Phi) is 4.29. The molecule has 1 aromatic heterocycles. The van der Waals surface area contributed by atoms with Crippen molar-refractivity contribution in [3.63, 3.8) is 0 Å². The first-order valence-electron chi connectivity index (χ1n) is 7.80. The molecule has 0 saturated carbocycles. The van der Waals surface area contributed by atoms with Crippen molar-refractivity contribution in [2.45, 2.75) is 33.2 Å². The fourth-order valence-corrected chi connectivity index (χ4v) is 2.79. The minimum atomic E-state index is 0.608. The molecule has 3 rings (SSSR count). The normalized spacial score (nSPS) is 14.0. The van der Waals surface area contributed by atoms with Gasteiger partial charge in [0.1, 0.15) is 19.0 Å². The van der Waals surface area contributed by atoms with E-state index in [0.29, 0.717) is 13.2 Å². The highest BCUT2D eigenvalue weighted by Gasteiger charge is 2.15.